The minimum Gasteiger partial charge on any atom is -0.383 e. The molecular formula is C11H17ClN2O3S. The first-order valence-corrected chi connectivity index (χ1v) is 7.26. The molecule has 0 atom stereocenters. The van der Waals surface area contributed by atoms with E-state index in [9.17, 15) is 8.42 Å². The van der Waals surface area contributed by atoms with E-state index in [0.29, 0.717) is 17.2 Å². The first kappa shape index (κ1) is 15.4. The second-order valence-electron chi connectivity index (χ2n) is 3.78. The predicted molar refractivity (Wildman–Crippen MR) is 71.1 cm³/mol. The van der Waals surface area contributed by atoms with Gasteiger partial charge in [-0.25, -0.2) is 13.1 Å². The van der Waals surface area contributed by atoms with Crippen LogP contribution in [0.3, 0.4) is 0 Å². The van der Waals surface area contributed by atoms with Gasteiger partial charge < -0.3 is 10.5 Å². The van der Waals surface area contributed by atoms with Crippen LogP contribution < -0.4 is 10.5 Å². The molecule has 3 N–H and O–H groups in total. The molecule has 1 rings (SSSR count). The van der Waals surface area contributed by atoms with Gasteiger partial charge in [0.15, 0.2) is 0 Å². The molecule has 0 aromatic heterocycles. The van der Waals surface area contributed by atoms with Crippen molar-refractivity contribution < 1.29 is 13.2 Å². The molecule has 1 aromatic carbocycles. The van der Waals surface area contributed by atoms with Crippen molar-refractivity contribution in [2.45, 2.75) is 18.4 Å². The molecule has 7 heteroatoms. The van der Waals surface area contributed by atoms with Crippen molar-refractivity contribution in [2.75, 3.05) is 20.3 Å². The van der Waals surface area contributed by atoms with E-state index in [-0.39, 0.29) is 18.0 Å². The van der Waals surface area contributed by atoms with Gasteiger partial charge in [-0.05, 0) is 30.2 Å². The van der Waals surface area contributed by atoms with E-state index in [1.54, 1.807) is 13.0 Å². The van der Waals surface area contributed by atoms with E-state index in [2.05, 4.69) is 4.72 Å². The molecule has 0 fully saturated rings. The number of halogens is 1. The van der Waals surface area contributed by atoms with Crippen LogP contribution in [0.4, 0.5) is 0 Å². The molecule has 1 aromatic rings. The molecule has 5 nitrogen and oxygen atoms in total. The van der Waals surface area contributed by atoms with E-state index in [4.69, 9.17) is 22.1 Å². The number of hydrogen-bond acceptors (Lipinski definition) is 4. The lowest BCUT2D eigenvalue weighted by Crippen LogP contribution is -2.28. The lowest BCUT2D eigenvalue weighted by Gasteiger charge is -2.12. The van der Waals surface area contributed by atoms with Gasteiger partial charge in [0, 0.05) is 25.2 Å². The molecule has 0 unspecified atom stereocenters. The smallest absolute Gasteiger partial charge is 0.240 e. The maximum Gasteiger partial charge on any atom is 0.240 e. The van der Waals surface area contributed by atoms with Crippen molar-refractivity contribution in [1.82, 2.24) is 4.72 Å². The Kier molecular flexibility index (Phi) is 5.55. The summed E-state index contributed by atoms with van der Waals surface area (Å²) in [4.78, 5) is 0.159. The van der Waals surface area contributed by atoms with E-state index in [1.807, 2.05) is 0 Å². The number of nitrogens with one attached hydrogen (secondary N) is 1. The summed E-state index contributed by atoms with van der Waals surface area (Å²) in [6.45, 7) is 2.47. The second kappa shape index (κ2) is 6.49. The Balaban J connectivity index is 3.12. The normalized spacial score (nSPS) is 11.8. The summed E-state index contributed by atoms with van der Waals surface area (Å²) >= 11 is 5.90. The van der Waals surface area contributed by atoms with Gasteiger partial charge in [-0.2, -0.15) is 0 Å². The average molecular weight is 293 g/mol. The Hall–Kier alpha value is -0.660. The van der Waals surface area contributed by atoms with E-state index < -0.39 is 10.0 Å². The Labute approximate surface area is 112 Å². The van der Waals surface area contributed by atoms with E-state index >= 15 is 0 Å². The molecule has 0 aliphatic rings. The highest BCUT2D eigenvalue weighted by Gasteiger charge is 2.18. The lowest BCUT2D eigenvalue weighted by atomic mass is 10.1. The molecule has 18 heavy (non-hydrogen) atoms. The summed E-state index contributed by atoms with van der Waals surface area (Å²) < 4.78 is 31.4. The number of nitrogens with two attached hydrogens (primary N) is 1. The topological polar surface area (TPSA) is 81.4 Å². The van der Waals surface area contributed by atoms with Gasteiger partial charge in [0.05, 0.1) is 11.5 Å². The summed E-state index contributed by atoms with van der Waals surface area (Å²) in [5.41, 5.74) is 6.89. The molecule has 0 aliphatic carbocycles. The third kappa shape index (κ3) is 3.66. The minimum absolute atomic E-state index is 0.159. The van der Waals surface area contributed by atoms with Crippen molar-refractivity contribution in [3.63, 3.8) is 0 Å². The zero-order valence-electron chi connectivity index (χ0n) is 10.4. The van der Waals surface area contributed by atoms with Crippen LogP contribution in [0, 0.1) is 6.92 Å². The number of benzene rings is 1. The quantitative estimate of drug-likeness (QED) is 0.768. The van der Waals surface area contributed by atoms with Crippen molar-refractivity contribution in [3.8, 4) is 0 Å². The molecule has 0 bridgehead atoms. The van der Waals surface area contributed by atoms with Crippen LogP contribution >= 0.6 is 11.6 Å². The third-order valence-electron chi connectivity index (χ3n) is 2.54. The minimum atomic E-state index is -3.59. The second-order valence-corrected chi connectivity index (χ2v) is 5.95. The van der Waals surface area contributed by atoms with Crippen LogP contribution in [0.15, 0.2) is 17.0 Å². The average Bonchev–Trinajstić information content (AvgIpc) is 2.31. The van der Waals surface area contributed by atoms with Crippen LogP contribution in [-0.4, -0.2) is 28.7 Å². The number of sulfonamides is 1. The monoisotopic (exact) mass is 292 g/mol. The summed E-state index contributed by atoms with van der Waals surface area (Å²) in [6, 6.07) is 3.09. The molecule has 0 aliphatic heterocycles. The maximum absolute atomic E-state index is 12.1. The van der Waals surface area contributed by atoms with Crippen molar-refractivity contribution in [1.29, 1.82) is 0 Å². The molecule has 0 amide bonds. The number of methoxy groups -OCH3 is 1. The highest BCUT2D eigenvalue weighted by Crippen LogP contribution is 2.24. The van der Waals surface area contributed by atoms with Gasteiger partial charge >= 0.3 is 0 Å². The van der Waals surface area contributed by atoms with Gasteiger partial charge in [-0.1, -0.05) is 11.6 Å². The van der Waals surface area contributed by atoms with Crippen LogP contribution in [-0.2, 0) is 21.3 Å². The number of hydrogen-bond donors (Lipinski definition) is 2. The lowest BCUT2D eigenvalue weighted by molar-refractivity contribution is 0.204. The predicted octanol–water partition coefficient (Wildman–Crippen LogP) is 1.03. The summed E-state index contributed by atoms with van der Waals surface area (Å²) in [7, 11) is -2.08. The van der Waals surface area contributed by atoms with Crippen molar-refractivity contribution in [3.05, 3.63) is 28.3 Å². The highest BCUT2D eigenvalue weighted by atomic mass is 35.5. The standard InChI is InChI=1S/C11H17ClN2O3S/c1-8-9(7-13)5-10(12)6-11(8)18(15,16)14-3-4-17-2/h5-6,14H,3-4,7,13H2,1-2H3. The Bertz CT molecular complexity index is 517. The summed E-state index contributed by atoms with van der Waals surface area (Å²) in [6.07, 6.45) is 0. The van der Waals surface area contributed by atoms with Crippen molar-refractivity contribution >= 4 is 21.6 Å². The van der Waals surface area contributed by atoms with Crippen LogP contribution in [0.25, 0.3) is 0 Å². The Morgan fingerprint density at radius 2 is 2.11 bits per heavy atom. The SMILES string of the molecule is COCCNS(=O)(=O)c1cc(Cl)cc(CN)c1C. The largest absolute Gasteiger partial charge is 0.383 e. The molecule has 0 heterocycles. The van der Waals surface area contributed by atoms with Gasteiger partial charge in [-0.3, -0.25) is 0 Å². The van der Waals surface area contributed by atoms with Crippen molar-refractivity contribution in [2.24, 2.45) is 5.73 Å². The molecule has 0 spiro atoms. The molecular weight excluding hydrogens is 276 g/mol. The van der Waals surface area contributed by atoms with Gasteiger partial charge in [-0.15, -0.1) is 0 Å². The first-order valence-electron chi connectivity index (χ1n) is 5.40. The van der Waals surface area contributed by atoms with Crippen LogP contribution in [0.1, 0.15) is 11.1 Å². The van der Waals surface area contributed by atoms with Gasteiger partial charge in [0.2, 0.25) is 10.0 Å². The highest BCUT2D eigenvalue weighted by molar-refractivity contribution is 7.89. The summed E-state index contributed by atoms with van der Waals surface area (Å²) in [5, 5.41) is 0.355. The Morgan fingerprint density at radius 3 is 2.67 bits per heavy atom. The third-order valence-corrected chi connectivity index (χ3v) is 4.35. The summed E-state index contributed by atoms with van der Waals surface area (Å²) in [5.74, 6) is 0. The Morgan fingerprint density at radius 1 is 1.44 bits per heavy atom. The van der Waals surface area contributed by atoms with E-state index in [0.717, 1.165) is 5.56 Å². The molecule has 102 valence electrons. The van der Waals surface area contributed by atoms with Gasteiger partial charge in [0.25, 0.3) is 0 Å². The van der Waals surface area contributed by atoms with Crippen LogP contribution in [0.2, 0.25) is 5.02 Å². The number of ether oxygens (including phenoxy) is 1. The molecule has 0 radical (unpaired) electrons. The van der Waals surface area contributed by atoms with Crippen LogP contribution in [0.5, 0.6) is 0 Å². The molecule has 0 saturated carbocycles. The zero-order chi connectivity index (χ0) is 13.8. The first-order chi connectivity index (χ1) is 8.42. The fraction of sp³-hybridized carbons (Fsp3) is 0.455. The fourth-order valence-corrected chi connectivity index (χ4v) is 3.18. The van der Waals surface area contributed by atoms with Gasteiger partial charge in [0.1, 0.15) is 0 Å². The molecule has 0 saturated heterocycles. The zero-order valence-corrected chi connectivity index (χ0v) is 11.9. The number of rotatable bonds is 6. The van der Waals surface area contributed by atoms with E-state index in [1.165, 1.54) is 13.2 Å². The maximum atomic E-state index is 12.1. The fourth-order valence-electron chi connectivity index (χ4n) is 1.56.